The van der Waals surface area contributed by atoms with E-state index in [1.807, 2.05) is 13.8 Å². The number of ether oxygens (including phenoxy) is 2. The van der Waals surface area contributed by atoms with E-state index in [0.717, 1.165) is 25.9 Å². The van der Waals surface area contributed by atoms with Crippen LogP contribution in [0, 0.1) is 16.7 Å². The first-order valence-electron chi connectivity index (χ1n) is 6.39. The predicted molar refractivity (Wildman–Crippen MR) is 66.7 cm³/mol. The van der Waals surface area contributed by atoms with Crippen LogP contribution in [0.4, 0.5) is 0 Å². The summed E-state index contributed by atoms with van der Waals surface area (Å²) in [5.74, 6) is 0. The van der Waals surface area contributed by atoms with Gasteiger partial charge < -0.3 is 14.8 Å². The molecule has 1 fully saturated rings. The molecule has 1 rings (SSSR count). The Morgan fingerprint density at radius 3 is 2.88 bits per heavy atom. The van der Waals surface area contributed by atoms with Gasteiger partial charge in [0, 0.05) is 19.7 Å². The molecule has 1 N–H and O–H groups in total. The Kier molecular flexibility index (Phi) is 5.90. The number of morpholine rings is 1. The van der Waals surface area contributed by atoms with Crippen LogP contribution < -0.4 is 5.32 Å². The minimum absolute atomic E-state index is 0.169. The van der Waals surface area contributed by atoms with E-state index in [1.54, 1.807) is 0 Å². The number of hydrogen-bond acceptors (Lipinski definition) is 4. The lowest BCUT2D eigenvalue weighted by molar-refractivity contribution is -0.0691. The number of rotatable bonds is 6. The van der Waals surface area contributed by atoms with Crippen molar-refractivity contribution in [1.82, 2.24) is 5.32 Å². The third-order valence-electron chi connectivity index (χ3n) is 2.93. The fourth-order valence-electron chi connectivity index (χ4n) is 1.86. The molecule has 4 heteroatoms. The van der Waals surface area contributed by atoms with Crippen LogP contribution in [0.15, 0.2) is 0 Å². The van der Waals surface area contributed by atoms with Crippen LogP contribution in [0.5, 0.6) is 0 Å². The second-order valence-electron chi connectivity index (χ2n) is 5.40. The lowest BCUT2D eigenvalue weighted by atomic mass is 9.90. The zero-order valence-corrected chi connectivity index (χ0v) is 11.2. The molecule has 0 spiro atoms. The van der Waals surface area contributed by atoms with E-state index >= 15 is 0 Å². The molecular formula is C13H24N2O2. The van der Waals surface area contributed by atoms with Crippen LogP contribution in [-0.2, 0) is 9.47 Å². The van der Waals surface area contributed by atoms with Gasteiger partial charge >= 0.3 is 0 Å². The van der Waals surface area contributed by atoms with Crippen LogP contribution in [0.3, 0.4) is 0 Å². The largest absolute Gasteiger partial charge is 0.379 e. The molecule has 0 radical (unpaired) electrons. The van der Waals surface area contributed by atoms with Gasteiger partial charge in [-0.05, 0) is 33.6 Å². The van der Waals surface area contributed by atoms with Gasteiger partial charge in [-0.3, -0.25) is 0 Å². The van der Waals surface area contributed by atoms with Gasteiger partial charge in [0.15, 0.2) is 0 Å². The molecule has 1 aliphatic rings. The van der Waals surface area contributed by atoms with Crippen molar-refractivity contribution in [1.29, 1.82) is 5.26 Å². The van der Waals surface area contributed by atoms with E-state index in [0.29, 0.717) is 13.2 Å². The highest BCUT2D eigenvalue weighted by Crippen LogP contribution is 2.20. The van der Waals surface area contributed by atoms with Gasteiger partial charge in [-0.2, -0.15) is 5.26 Å². The van der Waals surface area contributed by atoms with Crippen LogP contribution in [0.1, 0.15) is 33.6 Å². The Labute approximate surface area is 104 Å². The molecule has 0 amide bonds. The molecule has 98 valence electrons. The average Bonchev–Trinajstić information content (AvgIpc) is 2.29. The molecule has 0 bridgehead atoms. The molecule has 17 heavy (non-hydrogen) atoms. The van der Waals surface area contributed by atoms with Crippen molar-refractivity contribution in [2.75, 3.05) is 26.3 Å². The van der Waals surface area contributed by atoms with Crippen molar-refractivity contribution in [3.63, 3.8) is 0 Å². The number of nitriles is 1. The van der Waals surface area contributed by atoms with Crippen LogP contribution >= 0.6 is 0 Å². The van der Waals surface area contributed by atoms with Gasteiger partial charge in [0.25, 0.3) is 0 Å². The lowest BCUT2D eigenvalue weighted by Gasteiger charge is -2.28. The molecule has 1 heterocycles. The highest BCUT2D eigenvalue weighted by Gasteiger charge is 2.19. The minimum Gasteiger partial charge on any atom is -0.379 e. The normalized spacial score (nSPS) is 25.5. The van der Waals surface area contributed by atoms with Crippen LogP contribution in [-0.4, -0.2) is 38.5 Å². The summed E-state index contributed by atoms with van der Waals surface area (Å²) < 4.78 is 11.3. The third-order valence-corrected chi connectivity index (χ3v) is 2.93. The van der Waals surface area contributed by atoms with Gasteiger partial charge in [-0.1, -0.05) is 0 Å². The summed E-state index contributed by atoms with van der Waals surface area (Å²) in [6.07, 6.45) is 2.25. The zero-order chi connectivity index (χ0) is 12.7. The summed E-state index contributed by atoms with van der Waals surface area (Å²) in [5, 5.41) is 12.2. The monoisotopic (exact) mass is 240 g/mol. The molecule has 1 saturated heterocycles. The molecule has 0 aliphatic carbocycles. The molecular weight excluding hydrogens is 216 g/mol. The fourth-order valence-corrected chi connectivity index (χ4v) is 1.86. The van der Waals surface area contributed by atoms with E-state index in [1.165, 1.54) is 0 Å². The molecule has 0 aromatic carbocycles. The third kappa shape index (κ3) is 6.02. The molecule has 0 aromatic heterocycles. The highest BCUT2D eigenvalue weighted by atomic mass is 16.5. The van der Waals surface area contributed by atoms with E-state index in [-0.39, 0.29) is 17.6 Å². The van der Waals surface area contributed by atoms with Gasteiger partial charge in [0.1, 0.15) is 0 Å². The summed E-state index contributed by atoms with van der Waals surface area (Å²) >= 11 is 0. The smallest absolute Gasteiger partial charge is 0.0936 e. The maximum Gasteiger partial charge on any atom is 0.0936 e. The van der Waals surface area contributed by atoms with E-state index in [2.05, 4.69) is 18.3 Å². The summed E-state index contributed by atoms with van der Waals surface area (Å²) in [7, 11) is 0. The summed E-state index contributed by atoms with van der Waals surface area (Å²) in [4.78, 5) is 0. The lowest BCUT2D eigenvalue weighted by Crippen LogP contribution is -2.45. The predicted octanol–water partition coefficient (Wildman–Crippen LogP) is 1.71. The molecule has 0 saturated carbocycles. The molecule has 4 nitrogen and oxygen atoms in total. The maximum absolute atomic E-state index is 8.86. The van der Waals surface area contributed by atoms with Gasteiger partial charge in [0.05, 0.1) is 30.3 Å². The van der Waals surface area contributed by atoms with Crippen molar-refractivity contribution >= 4 is 0 Å². The van der Waals surface area contributed by atoms with Gasteiger partial charge in [-0.15, -0.1) is 0 Å². The first kappa shape index (κ1) is 14.4. The second kappa shape index (κ2) is 6.95. The quantitative estimate of drug-likeness (QED) is 0.718. The Morgan fingerprint density at radius 2 is 2.24 bits per heavy atom. The number of hydrogen-bond donors (Lipinski definition) is 1. The van der Waals surface area contributed by atoms with Crippen molar-refractivity contribution in [3.05, 3.63) is 0 Å². The Bertz CT molecular complexity index is 261. The average molecular weight is 240 g/mol. The van der Waals surface area contributed by atoms with Crippen LogP contribution in [0.25, 0.3) is 0 Å². The topological polar surface area (TPSA) is 54.3 Å². The molecule has 0 aromatic rings. The van der Waals surface area contributed by atoms with E-state index < -0.39 is 0 Å². The maximum atomic E-state index is 8.86. The SMILES string of the molecule is CC1CNCC(COCCCC(C)(C)C#N)O1. The van der Waals surface area contributed by atoms with E-state index in [4.69, 9.17) is 14.7 Å². The molecule has 2 unspecified atom stereocenters. The van der Waals surface area contributed by atoms with Crippen molar-refractivity contribution < 1.29 is 9.47 Å². The first-order valence-corrected chi connectivity index (χ1v) is 6.39. The van der Waals surface area contributed by atoms with Crippen molar-refractivity contribution in [2.45, 2.75) is 45.8 Å². The minimum atomic E-state index is -0.235. The van der Waals surface area contributed by atoms with Crippen molar-refractivity contribution in [3.8, 4) is 6.07 Å². The first-order chi connectivity index (χ1) is 8.03. The van der Waals surface area contributed by atoms with Gasteiger partial charge in [-0.25, -0.2) is 0 Å². The standard InChI is InChI=1S/C13H24N2O2/c1-11-7-15-8-12(17-11)9-16-6-4-5-13(2,3)10-14/h11-12,15H,4-9H2,1-3H3. The van der Waals surface area contributed by atoms with Crippen molar-refractivity contribution in [2.24, 2.45) is 5.41 Å². The second-order valence-corrected chi connectivity index (χ2v) is 5.40. The Balaban J connectivity index is 2.03. The number of nitrogens with zero attached hydrogens (tertiary/aromatic N) is 1. The van der Waals surface area contributed by atoms with E-state index in [9.17, 15) is 0 Å². The van der Waals surface area contributed by atoms with Gasteiger partial charge in [0.2, 0.25) is 0 Å². The fraction of sp³-hybridized carbons (Fsp3) is 0.923. The molecule has 2 atom stereocenters. The number of nitrogens with one attached hydrogen (secondary N) is 1. The molecule has 1 aliphatic heterocycles. The summed E-state index contributed by atoms with van der Waals surface area (Å²) in [6.45, 7) is 9.13. The summed E-state index contributed by atoms with van der Waals surface area (Å²) in [5.41, 5.74) is -0.235. The summed E-state index contributed by atoms with van der Waals surface area (Å²) in [6, 6.07) is 2.30. The zero-order valence-electron chi connectivity index (χ0n) is 11.2. The Hall–Kier alpha value is -0.630. The van der Waals surface area contributed by atoms with Crippen LogP contribution in [0.2, 0.25) is 0 Å². The highest BCUT2D eigenvalue weighted by molar-refractivity contribution is 4.91. The Morgan fingerprint density at radius 1 is 1.47 bits per heavy atom.